The molecular weight excluding hydrogens is 108 g/mol. The van der Waals surface area contributed by atoms with E-state index in [1.807, 2.05) is 0 Å². The van der Waals surface area contributed by atoms with Crippen LogP contribution in [0.3, 0.4) is 0 Å². The van der Waals surface area contributed by atoms with Gasteiger partial charge in [0.05, 0.1) is 0 Å². The summed E-state index contributed by atoms with van der Waals surface area (Å²) >= 11 is 0. The average Bonchev–Trinajstić information content (AvgIpc) is 1.85. The normalized spacial score (nSPS) is 9.62. The molecule has 0 aliphatic carbocycles. The van der Waals surface area contributed by atoms with Crippen molar-refractivity contribution in [3.8, 4) is 11.9 Å². The highest BCUT2D eigenvalue weighted by molar-refractivity contribution is 5.25. The van der Waals surface area contributed by atoms with Gasteiger partial charge < -0.3 is 14.6 Å². The van der Waals surface area contributed by atoms with Crippen LogP contribution in [0.15, 0.2) is 10.5 Å². The maximum Gasteiger partial charge on any atom is 0.287 e. The third-order valence-corrected chi connectivity index (χ3v) is 0.879. The molecule has 3 nitrogen and oxygen atoms in total. The van der Waals surface area contributed by atoms with Crippen LogP contribution in [0.5, 0.6) is 11.9 Å². The van der Waals surface area contributed by atoms with Crippen molar-refractivity contribution in [3.63, 3.8) is 0 Å². The summed E-state index contributed by atoms with van der Waals surface area (Å²) in [5, 5.41) is 17.1. The third-order valence-electron chi connectivity index (χ3n) is 0.879. The first kappa shape index (κ1) is 5.03. The lowest BCUT2D eigenvalue weighted by molar-refractivity contribution is 0.264. The fraction of sp³-hybridized carbons (Fsp3) is 0.200. The standard InChI is InChI=1S/C5H6O3/c1-3-2-4(6)8-5(3)7/h2,6-7H,1H3. The van der Waals surface area contributed by atoms with Crippen LogP contribution in [0.2, 0.25) is 0 Å². The molecule has 3 heteroatoms. The molecule has 8 heavy (non-hydrogen) atoms. The Balaban J connectivity index is 3.14. The fourth-order valence-corrected chi connectivity index (χ4v) is 0.456. The molecule has 0 bridgehead atoms. The summed E-state index contributed by atoms with van der Waals surface area (Å²) < 4.78 is 4.33. The molecule has 0 saturated carbocycles. The predicted molar refractivity (Wildman–Crippen MR) is 26.8 cm³/mol. The first-order valence-electron chi connectivity index (χ1n) is 2.18. The molecule has 0 atom stereocenters. The number of furan rings is 1. The third kappa shape index (κ3) is 0.621. The van der Waals surface area contributed by atoms with Gasteiger partial charge in [-0.2, -0.15) is 0 Å². The van der Waals surface area contributed by atoms with Crippen LogP contribution in [-0.2, 0) is 0 Å². The lowest BCUT2D eigenvalue weighted by Gasteiger charge is -1.78. The van der Waals surface area contributed by atoms with E-state index in [9.17, 15) is 0 Å². The van der Waals surface area contributed by atoms with Crippen LogP contribution in [0.25, 0.3) is 0 Å². The molecule has 0 aliphatic heterocycles. The van der Waals surface area contributed by atoms with Gasteiger partial charge in [-0.3, -0.25) is 0 Å². The summed E-state index contributed by atoms with van der Waals surface area (Å²) in [5.41, 5.74) is 0.544. The topological polar surface area (TPSA) is 53.6 Å². The van der Waals surface area contributed by atoms with Gasteiger partial charge >= 0.3 is 0 Å². The summed E-state index contributed by atoms with van der Waals surface area (Å²) in [4.78, 5) is 0. The van der Waals surface area contributed by atoms with Crippen LogP contribution >= 0.6 is 0 Å². The van der Waals surface area contributed by atoms with Gasteiger partial charge in [0.1, 0.15) is 0 Å². The van der Waals surface area contributed by atoms with Crippen molar-refractivity contribution in [1.82, 2.24) is 0 Å². The molecule has 0 aliphatic rings. The Kier molecular flexibility index (Phi) is 0.901. The maximum atomic E-state index is 8.61. The molecule has 0 aromatic carbocycles. The first-order valence-corrected chi connectivity index (χ1v) is 2.18. The van der Waals surface area contributed by atoms with E-state index in [4.69, 9.17) is 10.2 Å². The van der Waals surface area contributed by atoms with Crippen molar-refractivity contribution in [2.24, 2.45) is 0 Å². The molecule has 44 valence electrons. The second kappa shape index (κ2) is 1.43. The van der Waals surface area contributed by atoms with Crippen molar-refractivity contribution in [2.45, 2.75) is 6.92 Å². The van der Waals surface area contributed by atoms with E-state index in [1.165, 1.54) is 6.07 Å². The average molecular weight is 114 g/mol. The van der Waals surface area contributed by atoms with Crippen LogP contribution in [-0.4, -0.2) is 10.2 Å². The van der Waals surface area contributed by atoms with Gasteiger partial charge in [0.2, 0.25) is 0 Å². The van der Waals surface area contributed by atoms with Crippen molar-refractivity contribution >= 4 is 0 Å². The van der Waals surface area contributed by atoms with Crippen molar-refractivity contribution in [1.29, 1.82) is 0 Å². The minimum absolute atomic E-state index is 0.220. The second-order valence-corrected chi connectivity index (χ2v) is 1.57. The molecule has 1 aromatic rings. The minimum atomic E-state index is -0.250. The molecule has 0 saturated heterocycles. The summed E-state index contributed by atoms with van der Waals surface area (Å²) in [6, 6.07) is 1.34. The van der Waals surface area contributed by atoms with Crippen LogP contribution < -0.4 is 0 Å². The zero-order valence-corrected chi connectivity index (χ0v) is 4.38. The molecule has 1 aromatic heterocycles. The monoisotopic (exact) mass is 114 g/mol. The molecule has 1 heterocycles. The van der Waals surface area contributed by atoms with E-state index >= 15 is 0 Å². The Morgan fingerprint density at radius 3 is 2.25 bits per heavy atom. The zero-order valence-electron chi connectivity index (χ0n) is 4.38. The second-order valence-electron chi connectivity index (χ2n) is 1.57. The Bertz CT molecular complexity index is 170. The summed E-state index contributed by atoms with van der Waals surface area (Å²) in [6.45, 7) is 1.64. The molecular formula is C5H6O3. The molecule has 0 unspecified atom stereocenters. The Labute approximate surface area is 46.2 Å². The number of rotatable bonds is 0. The van der Waals surface area contributed by atoms with Gasteiger partial charge in [-0.15, -0.1) is 0 Å². The Hall–Kier alpha value is -1.12. The fourth-order valence-electron chi connectivity index (χ4n) is 0.456. The highest BCUT2D eigenvalue weighted by Gasteiger charge is 2.01. The van der Waals surface area contributed by atoms with Crippen LogP contribution in [0.4, 0.5) is 0 Å². The molecule has 1 rings (SSSR count). The van der Waals surface area contributed by atoms with E-state index in [0.29, 0.717) is 5.56 Å². The van der Waals surface area contributed by atoms with Crippen LogP contribution in [0, 0.1) is 6.92 Å². The molecule has 0 fully saturated rings. The molecule has 0 amide bonds. The molecule has 0 spiro atoms. The Morgan fingerprint density at radius 1 is 1.50 bits per heavy atom. The lowest BCUT2D eigenvalue weighted by atomic mass is 10.4. The number of hydrogen-bond donors (Lipinski definition) is 2. The number of aromatic hydroxyl groups is 2. The van der Waals surface area contributed by atoms with E-state index in [-0.39, 0.29) is 11.9 Å². The quantitative estimate of drug-likeness (QED) is 0.529. The number of hydrogen-bond acceptors (Lipinski definition) is 3. The molecule has 0 radical (unpaired) electrons. The van der Waals surface area contributed by atoms with E-state index in [2.05, 4.69) is 4.42 Å². The van der Waals surface area contributed by atoms with Crippen molar-refractivity contribution < 1.29 is 14.6 Å². The lowest BCUT2D eigenvalue weighted by Crippen LogP contribution is -1.57. The smallest absolute Gasteiger partial charge is 0.287 e. The highest BCUT2D eigenvalue weighted by Crippen LogP contribution is 2.24. The number of aryl methyl sites for hydroxylation is 1. The van der Waals surface area contributed by atoms with Gasteiger partial charge in [0.15, 0.2) is 0 Å². The Morgan fingerprint density at radius 2 is 2.12 bits per heavy atom. The highest BCUT2D eigenvalue weighted by atomic mass is 16.5. The van der Waals surface area contributed by atoms with E-state index < -0.39 is 0 Å². The van der Waals surface area contributed by atoms with Gasteiger partial charge in [0, 0.05) is 11.6 Å². The van der Waals surface area contributed by atoms with Crippen molar-refractivity contribution in [3.05, 3.63) is 11.6 Å². The maximum absolute atomic E-state index is 8.61. The van der Waals surface area contributed by atoms with E-state index in [0.717, 1.165) is 0 Å². The summed E-state index contributed by atoms with van der Waals surface area (Å²) in [6.07, 6.45) is 0. The van der Waals surface area contributed by atoms with Gasteiger partial charge in [0.25, 0.3) is 11.9 Å². The van der Waals surface area contributed by atoms with Gasteiger partial charge in [-0.05, 0) is 6.92 Å². The zero-order chi connectivity index (χ0) is 6.15. The summed E-state index contributed by atoms with van der Waals surface area (Å²) in [5.74, 6) is -0.470. The van der Waals surface area contributed by atoms with Gasteiger partial charge in [-0.25, -0.2) is 0 Å². The largest absolute Gasteiger partial charge is 0.481 e. The van der Waals surface area contributed by atoms with Crippen molar-refractivity contribution in [2.75, 3.05) is 0 Å². The van der Waals surface area contributed by atoms with Crippen LogP contribution in [0.1, 0.15) is 5.56 Å². The van der Waals surface area contributed by atoms with E-state index in [1.54, 1.807) is 6.92 Å². The predicted octanol–water partition coefficient (Wildman–Crippen LogP) is 0.999. The minimum Gasteiger partial charge on any atom is -0.481 e. The first-order chi connectivity index (χ1) is 3.70. The SMILES string of the molecule is Cc1cc(O)oc1O. The molecule has 2 N–H and O–H groups in total. The summed E-state index contributed by atoms with van der Waals surface area (Å²) in [7, 11) is 0. The van der Waals surface area contributed by atoms with Gasteiger partial charge in [-0.1, -0.05) is 0 Å².